The molecule has 7 heteroatoms. The van der Waals surface area contributed by atoms with Crippen molar-refractivity contribution < 1.29 is 18.7 Å². The van der Waals surface area contributed by atoms with E-state index in [0.717, 1.165) is 5.56 Å². The fourth-order valence-corrected chi connectivity index (χ4v) is 2.30. The molecule has 0 atom stereocenters. The summed E-state index contributed by atoms with van der Waals surface area (Å²) in [5.41, 5.74) is 1.10. The highest BCUT2D eigenvalue weighted by molar-refractivity contribution is 5.96. The predicted octanol–water partition coefficient (Wildman–Crippen LogP) is 2.78. The highest BCUT2D eigenvalue weighted by atomic mass is 16.5. The molecule has 0 aliphatic rings. The molecule has 2 aromatic heterocycles. The Kier molecular flexibility index (Phi) is 4.88. The van der Waals surface area contributed by atoms with Gasteiger partial charge in [0.1, 0.15) is 22.9 Å². The van der Waals surface area contributed by atoms with Crippen LogP contribution in [-0.2, 0) is 9.53 Å². The van der Waals surface area contributed by atoms with Crippen molar-refractivity contribution in [3.8, 4) is 0 Å². The summed E-state index contributed by atoms with van der Waals surface area (Å²) in [6, 6.07) is 1.80. The third-order valence-electron chi connectivity index (χ3n) is 3.53. The monoisotopic (exact) mass is 319 g/mol. The summed E-state index contributed by atoms with van der Waals surface area (Å²) in [4.78, 5) is 24.0. The molecule has 0 unspecified atom stereocenters. The minimum atomic E-state index is -0.565. The molecule has 0 bridgehead atoms. The molecule has 2 heterocycles. The molecule has 0 aliphatic carbocycles. The third kappa shape index (κ3) is 3.61. The maximum atomic E-state index is 12.1. The molecule has 7 nitrogen and oxygen atoms in total. The number of aromatic nitrogens is 2. The predicted molar refractivity (Wildman–Crippen MR) is 84.4 cm³/mol. The lowest BCUT2D eigenvalue weighted by molar-refractivity contribution is -0.119. The first-order valence-electron chi connectivity index (χ1n) is 7.38. The van der Waals surface area contributed by atoms with Crippen LogP contribution in [0.1, 0.15) is 47.3 Å². The molecule has 1 amide bonds. The summed E-state index contributed by atoms with van der Waals surface area (Å²) in [6.45, 7) is 8.79. The van der Waals surface area contributed by atoms with Gasteiger partial charge >= 0.3 is 5.97 Å². The molecule has 2 aromatic rings. The van der Waals surface area contributed by atoms with Crippen molar-refractivity contribution in [2.45, 2.75) is 40.7 Å². The van der Waals surface area contributed by atoms with Crippen molar-refractivity contribution in [2.75, 3.05) is 11.9 Å². The Hall–Kier alpha value is -2.57. The van der Waals surface area contributed by atoms with Crippen LogP contribution in [0.3, 0.4) is 0 Å². The molecule has 0 radical (unpaired) electrons. The summed E-state index contributed by atoms with van der Waals surface area (Å²) < 4.78 is 12.1. The lowest BCUT2D eigenvalue weighted by Gasteiger charge is -2.11. The fourth-order valence-electron chi connectivity index (χ4n) is 2.30. The van der Waals surface area contributed by atoms with Gasteiger partial charge in [-0.2, -0.15) is 5.10 Å². The van der Waals surface area contributed by atoms with Crippen LogP contribution in [0, 0.1) is 20.8 Å². The van der Waals surface area contributed by atoms with Gasteiger partial charge in [0, 0.05) is 17.7 Å². The number of anilines is 1. The van der Waals surface area contributed by atoms with Crippen LogP contribution < -0.4 is 5.32 Å². The number of nitrogens with zero attached hydrogens (tertiary/aromatic N) is 2. The molecule has 23 heavy (non-hydrogen) atoms. The number of rotatable bonds is 5. The van der Waals surface area contributed by atoms with E-state index in [1.54, 1.807) is 37.7 Å². The number of ether oxygens (including phenoxy) is 1. The first-order chi connectivity index (χ1) is 10.8. The molecule has 0 saturated carbocycles. The van der Waals surface area contributed by atoms with Gasteiger partial charge < -0.3 is 14.5 Å². The average Bonchev–Trinajstić information content (AvgIpc) is 3.02. The van der Waals surface area contributed by atoms with E-state index >= 15 is 0 Å². The third-order valence-corrected chi connectivity index (χ3v) is 3.53. The Morgan fingerprint density at radius 3 is 2.57 bits per heavy atom. The molecule has 2 rings (SSSR count). The number of carbonyl (C=O) groups is 2. The van der Waals surface area contributed by atoms with E-state index in [1.807, 2.05) is 13.8 Å². The smallest absolute Gasteiger partial charge is 0.342 e. The number of hydrogen-bond donors (Lipinski definition) is 1. The largest absolute Gasteiger partial charge is 0.465 e. The first kappa shape index (κ1) is 16.8. The summed E-state index contributed by atoms with van der Waals surface area (Å²) in [6.07, 6.45) is 1.60. The molecule has 124 valence electrons. The summed E-state index contributed by atoms with van der Waals surface area (Å²) in [5.74, 6) is 0.733. The van der Waals surface area contributed by atoms with Crippen molar-refractivity contribution in [2.24, 2.45) is 0 Å². The van der Waals surface area contributed by atoms with Crippen LogP contribution in [-0.4, -0.2) is 28.3 Å². The minimum Gasteiger partial charge on any atom is -0.465 e. The highest BCUT2D eigenvalue weighted by Crippen LogP contribution is 2.21. The Balaban J connectivity index is 1.96. The lowest BCUT2D eigenvalue weighted by Crippen LogP contribution is -2.23. The Labute approximate surface area is 134 Å². The van der Waals surface area contributed by atoms with Gasteiger partial charge in [-0.25, -0.2) is 9.48 Å². The number of hydrogen-bond acceptors (Lipinski definition) is 5. The van der Waals surface area contributed by atoms with Crippen LogP contribution in [0.15, 0.2) is 16.7 Å². The van der Waals surface area contributed by atoms with E-state index in [4.69, 9.17) is 9.15 Å². The second kappa shape index (κ2) is 6.68. The van der Waals surface area contributed by atoms with E-state index in [9.17, 15) is 9.59 Å². The van der Waals surface area contributed by atoms with Gasteiger partial charge in [0.2, 0.25) is 0 Å². The zero-order chi connectivity index (χ0) is 17.1. The topological polar surface area (TPSA) is 86.4 Å². The molecule has 0 fully saturated rings. The maximum absolute atomic E-state index is 12.1. The van der Waals surface area contributed by atoms with Crippen molar-refractivity contribution >= 4 is 17.7 Å². The summed E-state index contributed by atoms with van der Waals surface area (Å²) in [5, 5.41) is 6.79. The molecular formula is C16H21N3O4. The minimum absolute atomic E-state index is 0.113. The van der Waals surface area contributed by atoms with Crippen molar-refractivity contribution in [1.29, 1.82) is 0 Å². The van der Waals surface area contributed by atoms with Crippen molar-refractivity contribution in [3.63, 3.8) is 0 Å². The van der Waals surface area contributed by atoms with E-state index in [-0.39, 0.29) is 12.6 Å². The van der Waals surface area contributed by atoms with Crippen LogP contribution in [0.4, 0.5) is 5.82 Å². The molecule has 0 saturated heterocycles. The van der Waals surface area contributed by atoms with Gasteiger partial charge in [-0.05, 0) is 34.6 Å². The molecule has 0 spiro atoms. The molecule has 0 aromatic carbocycles. The normalized spacial score (nSPS) is 10.9. The number of nitrogens with one attached hydrogen (secondary N) is 1. The van der Waals surface area contributed by atoms with E-state index in [1.165, 1.54) is 0 Å². The number of amides is 1. The molecule has 1 N–H and O–H groups in total. The van der Waals surface area contributed by atoms with E-state index in [0.29, 0.717) is 22.9 Å². The number of furan rings is 1. The maximum Gasteiger partial charge on any atom is 0.342 e. The fraction of sp³-hybridized carbons (Fsp3) is 0.438. The van der Waals surface area contributed by atoms with Gasteiger partial charge in [-0.3, -0.25) is 4.79 Å². The summed E-state index contributed by atoms with van der Waals surface area (Å²) in [7, 11) is 0. The highest BCUT2D eigenvalue weighted by Gasteiger charge is 2.21. The average molecular weight is 319 g/mol. The van der Waals surface area contributed by atoms with E-state index < -0.39 is 11.9 Å². The zero-order valence-electron chi connectivity index (χ0n) is 14.0. The SMILES string of the molecule is Cc1oc(C)c(C(=O)OCC(=O)Nc2ccnn2C(C)C)c1C. The number of aryl methyl sites for hydroxylation is 2. The van der Waals surface area contributed by atoms with Gasteiger partial charge in [-0.15, -0.1) is 0 Å². The second-order valence-electron chi connectivity index (χ2n) is 5.59. The second-order valence-corrected chi connectivity index (χ2v) is 5.59. The Morgan fingerprint density at radius 2 is 2.00 bits per heavy atom. The summed E-state index contributed by atoms with van der Waals surface area (Å²) >= 11 is 0. The van der Waals surface area contributed by atoms with Gasteiger partial charge in [-0.1, -0.05) is 0 Å². The first-order valence-corrected chi connectivity index (χ1v) is 7.38. The molecule has 0 aliphatic heterocycles. The van der Waals surface area contributed by atoms with Crippen molar-refractivity contribution in [1.82, 2.24) is 9.78 Å². The standard InChI is InChI=1S/C16H21N3O4/c1-9(2)19-13(6-7-17-19)18-14(20)8-22-16(21)15-10(3)11(4)23-12(15)5/h6-7,9H,8H2,1-5H3,(H,18,20). The Bertz CT molecular complexity index is 728. The van der Waals surface area contributed by atoms with Crippen LogP contribution in [0.25, 0.3) is 0 Å². The van der Waals surface area contributed by atoms with Gasteiger partial charge in [0.15, 0.2) is 6.61 Å². The number of esters is 1. The van der Waals surface area contributed by atoms with Gasteiger partial charge in [0.05, 0.1) is 6.20 Å². The number of carbonyl (C=O) groups excluding carboxylic acids is 2. The van der Waals surface area contributed by atoms with Crippen LogP contribution in [0.2, 0.25) is 0 Å². The van der Waals surface area contributed by atoms with Crippen molar-refractivity contribution in [3.05, 3.63) is 34.9 Å². The van der Waals surface area contributed by atoms with Crippen LogP contribution in [0.5, 0.6) is 0 Å². The zero-order valence-corrected chi connectivity index (χ0v) is 14.0. The Morgan fingerprint density at radius 1 is 1.30 bits per heavy atom. The van der Waals surface area contributed by atoms with E-state index in [2.05, 4.69) is 10.4 Å². The lowest BCUT2D eigenvalue weighted by atomic mass is 10.1. The van der Waals surface area contributed by atoms with Gasteiger partial charge in [0.25, 0.3) is 5.91 Å². The quantitative estimate of drug-likeness (QED) is 0.856. The molecular weight excluding hydrogens is 298 g/mol. The van der Waals surface area contributed by atoms with Crippen LogP contribution >= 0.6 is 0 Å².